The van der Waals surface area contributed by atoms with E-state index >= 15 is 0 Å². The molecule has 0 fully saturated rings. The van der Waals surface area contributed by atoms with Gasteiger partial charge < -0.3 is 14.6 Å². The number of aromatic hydroxyl groups is 1. The van der Waals surface area contributed by atoms with Gasteiger partial charge in [-0.25, -0.2) is 5.11 Å². The van der Waals surface area contributed by atoms with Gasteiger partial charge in [0.15, 0.2) is 11.5 Å². The Hall–Kier alpha value is -1.42. The van der Waals surface area contributed by atoms with Crippen LogP contribution in [0.4, 0.5) is 0 Å². The number of hydrogen-bond acceptors (Lipinski definition) is 3. The zero-order valence-corrected chi connectivity index (χ0v) is 7.53. The molecule has 0 heterocycles. The van der Waals surface area contributed by atoms with Crippen molar-refractivity contribution in [2.24, 2.45) is 0 Å². The highest BCUT2D eigenvalue weighted by atomic mass is 16.5. The zero-order valence-electron chi connectivity index (χ0n) is 7.53. The highest BCUT2D eigenvalue weighted by Crippen LogP contribution is 2.36. The summed E-state index contributed by atoms with van der Waals surface area (Å²) in [5.74, 6) is 0.428. The average Bonchev–Trinajstić information content (AvgIpc) is 2.18. The Morgan fingerprint density at radius 2 is 1.69 bits per heavy atom. The Kier molecular flexibility index (Phi) is 2.97. The van der Waals surface area contributed by atoms with Crippen molar-refractivity contribution in [1.82, 2.24) is 0 Å². The van der Waals surface area contributed by atoms with Crippen LogP contribution in [0.25, 0.3) is 0 Å². The minimum absolute atomic E-state index is 0.0813. The van der Waals surface area contributed by atoms with E-state index in [1.54, 1.807) is 0 Å². The van der Waals surface area contributed by atoms with E-state index < -0.39 is 0 Å². The monoisotopic (exact) mass is 183 g/mol. The van der Waals surface area contributed by atoms with Crippen LogP contribution in [0.2, 0.25) is 0 Å². The van der Waals surface area contributed by atoms with Gasteiger partial charge >= 0.3 is 0 Å². The second-order valence-electron chi connectivity index (χ2n) is 2.49. The summed E-state index contributed by atoms with van der Waals surface area (Å²) in [4.78, 5) is 0. The second kappa shape index (κ2) is 4.00. The first kappa shape index (κ1) is 9.67. The fourth-order valence-corrected chi connectivity index (χ4v) is 1.03. The molecule has 1 radical (unpaired) electrons. The van der Waals surface area contributed by atoms with Crippen LogP contribution in [-0.4, -0.2) is 19.3 Å². The number of benzene rings is 1. The van der Waals surface area contributed by atoms with E-state index in [4.69, 9.17) is 9.47 Å². The molecular weight excluding hydrogens is 172 g/mol. The van der Waals surface area contributed by atoms with Gasteiger partial charge in [-0.15, -0.1) is 0 Å². The van der Waals surface area contributed by atoms with E-state index in [-0.39, 0.29) is 23.9 Å². The van der Waals surface area contributed by atoms with Gasteiger partial charge in [0.25, 0.3) is 0 Å². The minimum atomic E-state index is -0.368. The normalized spacial score (nSPS) is 9.77. The van der Waals surface area contributed by atoms with Gasteiger partial charge in [0.1, 0.15) is 6.61 Å². The van der Waals surface area contributed by atoms with Crippen LogP contribution in [0, 0.1) is 0 Å². The first-order valence-corrected chi connectivity index (χ1v) is 3.75. The lowest BCUT2D eigenvalue weighted by atomic mass is 10.2. The standard InChI is InChI=1S/C9H11O4/c1-12-7-3-6(5-10)4-8(13-2)9(7)11/h3-4,11H,5H2,1-2H3. The Balaban J connectivity index is 3.20. The Bertz CT molecular complexity index is 271. The van der Waals surface area contributed by atoms with Crippen LogP contribution in [0.5, 0.6) is 17.2 Å². The van der Waals surface area contributed by atoms with E-state index in [1.807, 2.05) is 0 Å². The van der Waals surface area contributed by atoms with Crippen LogP contribution < -0.4 is 9.47 Å². The summed E-state index contributed by atoms with van der Waals surface area (Å²) in [6, 6.07) is 2.98. The largest absolute Gasteiger partial charge is 0.502 e. The van der Waals surface area contributed by atoms with Crippen LogP contribution in [-0.2, 0) is 11.7 Å². The molecule has 1 aromatic carbocycles. The molecule has 0 saturated heterocycles. The maximum Gasteiger partial charge on any atom is 0.200 e. The molecule has 13 heavy (non-hydrogen) atoms. The molecule has 0 amide bonds. The smallest absolute Gasteiger partial charge is 0.200 e. The molecule has 0 unspecified atom stereocenters. The summed E-state index contributed by atoms with van der Waals surface area (Å²) < 4.78 is 9.72. The van der Waals surface area contributed by atoms with Gasteiger partial charge in [0, 0.05) is 0 Å². The van der Waals surface area contributed by atoms with Gasteiger partial charge in [0.05, 0.1) is 14.2 Å². The zero-order chi connectivity index (χ0) is 9.84. The number of ether oxygens (including phenoxy) is 2. The van der Waals surface area contributed by atoms with Gasteiger partial charge in [-0.1, -0.05) is 0 Å². The van der Waals surface area contributed by atoms with Crippen molar-refractivity contribution in [2.45, 2.75) is 6.61 Å². The molecule has 0 saturated carbocycles. The van der Waals surface area contributed by atoms with Crippen molar-refractivity contribution < 1.29 is 19.7 Å². The number of methoxy groups -OCH3 is 2. The third-order valence-electron chi connectivity index (χ3n) is 1.71. The Morgan fingerprint density at radius 1 is 1.23 bits per heavy atom. The maximum absolute atomic E-state index is 10.6. The summed E-state index contributed by atoms with van der Waals surface area (Å²) in [6.07, 6.45) is 0. The van der Waals surface area contributed by atoms with Crippen molar-refractivity contribution in [3.8, 4) is 17.2 Å². The van der Waals surface area contributed by atoms with Crippen molar-refractivity contribution >= 4 is 0 Å². The summed E-state index contributed by atoms with van der Waals surface area (Å²) in [5.41, 5.74) is 0.520. The van der Waals surface area contributed by atoms with E-state index in [9.17, 15) is 10.2 Å². The molecule has 0 aliphatic rings. The number of rotatable bonds is 3. The predicted octanol–water partition coefficient (Wildman–Crippen LogP) is 1.34. The molecule has 71 valence electrons. The minimum Gasteiger partial charge on any atom is -0.502 e. The highest BCUT2D eigenvalue weighted by Gasteiger charge is 2.10. The summed E-state index contributed by atoms with van der Waals surface area (Å²) in [6.45, 7) is -0.368. The topological polar surface area (TPSA) is 58.6 Å². The highest BCUT2D eigenvalue weighted by molar-refractivity contribution is 5.52. The predicted molar refractivity (Wildman–Crippen MR) is 45.6 cm³/mol. The number of phenolic OH excluding ortho intramolecular Hbond substituents is 1. The van der Waals surface area contributed by atoms with Gasteiger partial charge in [-0.2, -0.15) is 0 Å². The molecule has 0 aliphatic carbocycles. The molecule has 0 aromatic heterocycles. The van der Waals surface area contributed by atoms with Crippen LogP contribution in [0.15, 0.2) is 12.1 Å². The Morgan fingerprint density at radius 3 is 2.00 bits per heavy atom. The fraction of sp³-hybridized carbons (Fsp3) is 0.333. The quantitative estimate of drug-likeness (QED) is 0.769. The van der Waals surface area contributed by atoms with E-state index in [1.165, 1.54) is 26.4 Å². The van der Waals surface area contributed by atoms with E-state index in [2.05, 4.69) is 0 Å². The van der Waals surface area contributed by atoms with Crippen molar-refractivity contribution in [3.05, 3.63) is 17.7 Å². The van der Waals surface area contributed by atoms with Crippen molar-refractivity contribution in [3.63, 3.8) is 0 Å². The summed E-state index contributed by atoms with van der Waals surface area (Å²) in [7, 11) is 2.84. The summed E-state index contributed by atoms with van der Waals surface area (Å²) in [5, 5.41) is 20.0. The van der Waals surface area contributed by atoms with Gasteiger partial charge in [0.2, 0.25) is 5.75 Å². The van der Waals surface area contributed by atoms with Crippen molar-refractivity contribution in [1.29, 1.82) is 0 Å². The third-order valence-corrected chi connectivity index (χ3v) is 1.71. The molecule has 0 aliphatic heterocycles. The fourth-order valence-electron chi connectivity index (χ4n) is 1.03. The van der Waals surface area contributed by atoms with Gasteiger partial charge in [-0.05, 0) is 17.7 Å². The maximum atomic E-state index is 10.6. The first-order chi connectivity index (χ1) is 6.22. The molecule has 1 aromatic rings. The molecule has 0 spiro atoms. The SMILES string of the molecule is COc1cc(C[O])cc(OC)c1O. The second-order valence-corrected chi connectivity index (χ2v) is 2.49. The number of phenols is 1. The molecular formula is C9H11O4. The Labute approximate surface area is 76.3 Å². The molecule has 0 bridgehead atoms. The molecule has 1 rings (SSSR count). The molecule has 1 N–H and O–H groups in total. The lowest BCUT2D eigenvalue weighted by Crippen LogP contribution is -1.91. The lowest BCUT2D eigenvalue weighted by molar-refractivity contribution is 0.176. The third kappa shape index (κ3) is 1.84. The molecule has 0 atom stereocenters. The van der Waals surface area contributed by atoms with E-state index in [0.717, 1.165) is 0 Å². The van der Waals surface area contributed by atoms with Crippen molar-refractivity contribution in [2.75, 3.05) is 14.2 Å². The van der Waals surface area contributed by atoms with E-state index in [0.29, 0.717) is 5.56 Å². The van der Waals surface area contributed by atoms with Gasteiger partial charge in [-0.3, -0.25) is 0 Å². The lowest BCUT2D eigenvalue weighted by Gasteiger charge is -2.09. The first-order valence-electron chi connectivity index (χ1n) is 3.75. The number of hydrogen-bond donors (Lipinski definition) is 1. The summed E-state index contributed by atoms with van der Waals surface area (Å²) >= 11 is 0. The van der Waals surface area contributed by atoms with Crippen LogP contribution >= 0.6 is 0 Å². The molecule has 4 nitrogen and oxygen atoms in total. The van der Waals surface area contributed by atoms with Crippen LogP contribution in [0.1, 0.15) is 5.56 Å². The molecule has 4 heteroatoms. The van der Waals surface area contributed by atoms with Crippen LogP contribution in [0.3, 0.4) is 0 Å². The average molecular weight is 183 g/mol.